The van der Waals surface area contributed by atoms with Crippen LogP contribution >= 0.6 is 0 Å². The highest BCUT2D eigenvalue weighted by atomic mass is 19.1. The number of halogens is 2. The summed E-state index contributed by atoms with van der Waals surface area (Å²) in [6, 6.07) is 38.0. The Balaban J connectivity index is 0.760. The molecule has 18 heteroatoms. The van der Waals surface area contributed by atoms with Crippen molar-refractivity contribution in [1.82, 2.24) is 40.4 Å². The van der Waals surface area contributed by atoms with E-state index >= 15 is 8.78 Å². The fraction of sp³-hybridized carbons (Fsp3) is 0.373. The minimum atomic E-state index is -1.24. The number of likely N-dealkylation sites (tertiary alicyclic amines) is 2. The average Bonchev–Trinajstić information content (AvgIpc) is 4.38. The molecule has 8 aromatic rings. The Kier molecular flexibility index (Phi) is 14.2. The average molecular weight is 1150 g/mol. The number of carbonyl (C=O) groups excluding carboxylic acids is 2. The highest BCUT2D eigenvalue weighted by molar-refractivity contribution is 5.88. The summed E-state index contributed by atoms with van der Waals surface area (Å²) in [7, 11) is 0. The summed E-state index contributed by atoms with van der Waals surface area (Å²) in [5.74, 6) is -0.681. The van der Waals surface area contributed by atoms with Gasteiger partial charge in [0.25, 0.3) is 0 Å². The van der Waals surface area contributed by atoms with E-state index in [2.05, 4.69) is 37.6 Å². The lowest BCUT2D eigenvalue weighted by Gasteiger charge is -2.36. The fourth-order valence-electron chi connectivity index (χ4n) is 15.5. The first-order chi connectivity index (χ1) is 41.4. The van der Waals surface area contributed by atoms with Crippen LogP contribution in [0, 0.1) is 23.5 Å². The molecule has 4 aliphatic heterocycles. The summed E-state index contributed by atoms with van der Waals surface area (Å²) >= 11 is 0. The largest absolute Gasteiger partial charge is 0.465 e. The van der Waals surface area contributed by atoms with Gasteiger partial charge in [0, 0.05) is 31.9 Å². The number of nitrogens with zero attached hydrogens (tertiary/aromatic N) is 6. The number of fused-ring (bicyclic) bond motifs is 4. The number of nitrogens with one attached hydrogen (secondary N) is 4. The number of rotatable bonds is 13. The lowest BCUT2D eigenvalue weighted by atomic mass is 9.89. The van der Waals surface area contributed by atoms with Gasteiger partial charge >= 0.3 is 12.2 Å². The number of aromatic amines is 2. The number of carbonyl (C=O) groups is 4. The molecule has 85 heavy (non-hydrogen) atoms. The number of anilines is 2. The van der Waals surface area contributed by atoms with E-state index in [0.717, 1.165) is 70.1 Å². The maximum absolute atomic E-state index is 17.0. The van der Waals surface area contributed by atoms with Crippen molar-refractivity contribution in [3.05, 3.63) is 190 Å². The molecule has 16 nitrogen and oxygen atoms in total. The van der Waals surface area contributed by atoms with Gasteiger partial charge in [-0.2, -0.15) is 0 Å². The second kappa shape index (κ2) is 22.3. The van der Waals surface area contributed by atoms with Crippen molar-refractivity contribution in [2.24, 2.45) is 11.8 Å². The Bertz CT molecular complexity index is 3620. The Labute approximate surface area is 490 Å². The Morgan fingerprint density at radius 3 is 1.38 bits per heavy atom. The van der Waals surface area contributed by atoms with Crippen LogP contribution < -0.4 is 20.4 Å². The number of hydrogen-bond acceptors (Lipinski definition) is 8. The molecule has 436 valence electrons. The third-order valence-corrected chi connectivity index (χ3v) is 19.5. The molecule has 0 radical (unpaired) electrons. The standard InChI is InChI=1S/C67H68F2N10O6/c68-49-36-48(37-50(69)61(49)76-28-24-39(25-29-76)38-10-2-1-3-11-38)79-55(44-18-20-51-53(34-44)72-62(70-51)57-16-8-26-77(57)64(80)59(74-66(82)83)46-30-40-12-4-5-13-41(40)31-46)22-23-56(79)45-19-21-52-54(35-45)73-63(71-52)58-17-9-27-78(58)65(81)60(75-67(84)85)47-32-42-14-6-7-15-43(42)33-47/h1-7,10-15,18-21,34-37,39,46-47,55-60,74-75H,8-9,16-17,22-33H2,(H,70,72)(H,71,73)(H,82,83)(H,84,85)/t55-,56-,57+,58+,59+,60+/m1/s1. The zero-order chi connectivity index (χ0) is 58.0. The normalized spacial score (nSPS) is 21.7. The van der Waals surface area contributed by atoms with Crippen LogP contribution in [0.4, 0.5) is 29.7 Å². The molecule has 6 aromatic carbocycles. The van der Waals surface area contributed by atoms with Gasteiger partial charge in [0.05, 0.1) is 46.2 Å². The van der Waals surface area contributed by atoms with Gasteiger partial charge in [-0.3, -0.25) is 9.59 Å². The second-order valence-corrected chi connectivity index (χ2v) is 24.4. The first kappa shape index (κ1) is 54.2. The summed E-state index contributed by atoms with van der Waals surface area (Å²) < 4.78 is 34.0. The van der Waals surface area contributed by atoms with Crippen molar-refractivity contribution in [2.75, 3.05) is 36.0 Å². The van der Waals surface area contributed by atoms with E-state index in [9.17, 15) is 29.4 Å². The van der Waals surface area contributed by atoms with E-state index < -0.39 is 48.0 Å². The zero-order valence-electron chi connectivity index (χ0n) is 47.1. The number of piperidine rings is 1. The van der Waals surface area contributed by atoms with Gasteiger partial charge in [-0.05, 0) is 170 Å². The van der Waals surface area contributed by atoms with Crippen LogP contribution in [0.3, 0.4) is 0 Å². The van der Waals surface area contributed by atoms with E-state index in [4.69, 9.17) is 9.97 Å². The summed E-state index contributed by atoms with van der Waals surface area (Å²) in [6.07, 6.45) is 5.52. The van der Waals surface area contributed by atoms with Crippen LogP contribution in [0.1, 0.15) is 132 Å². The van der Waals surface area contributed by atoms with E-state index in [1.807, 2.05) is 108 Å². The SMILES string of the molecule is O=C(O)N[C@H](C(=O)N1CCC[C@H]1c1nc2cc([C@H]3CC[C@H](c4ccc5[nH]c([C@@H]6CCCN6C(=O)[C@@H](NC(=O)O)C6Cc7ccccc7C6)nc5c4)N3c3cc(F)c(N4CCC(c5ccccc5)CC4)c(F)c3)ccc2[nH]1)C1Cc2ccccc2C1. The number of benzene rings is 6. The lowest BCUT2D eigenvalue weighted by Crippen LogP contribution is -2.52. The highest BCUT2D eigenvalue weighted by Crippen LogP contribution is 2.49. The van der Waals surface area contributed by atoms with E-state index in [0.29, 0.717) is 112 Å². The predicted octanol–water partition coefficient (Wildman–Crippen LogP) is 11.6. The predicted molar refractivity (Wildman–Crippen MR) is 318 cm³/mol. The quantitative estimate of drug-likeness (QED) is 0.0645. The smallest absolute Gasteiger partial charge is 0.405 e. The second-order valence-electron chi connectivity index (χ2n) is 24.4. The van der Waals surface area contributed by atoms with Crippen molar-refractivity contribution < 1.29 is 38.2 Å². The molecule has 2 aromatic heterocycles. The van der Waals surface area contributed by atoms with Crippen LogP contribution in [-0.4, -0.2) is 102 Å². The van der Waals surface area contributed by atoms with Crippen LogP contribution in [0.25, 0.3) is 22.1 Å². The molecule has 0 spiro atoms. The van der Waals surface area contributed by atoms with Gasteiger partial charge in [-0.25, -0.2) is 28.3 Å². The topological polar surface area (TPSA) is 203 Å². The molecule has 4 amide bonds. The lowest BCUT2D eigenvalue weighted by molar-refractivity contribution is -0.136. The summed E-state index contributed by atoms with van der Waals surface area (Å²) in [5, 5.41) is 25.1. The highest BCUT2D eigenvalue weighted by Gasteiger charge is 2.44. The first-order valence-corrected chi connectivity index (χ1v) is 30.2. The third-order valence-electron chi connectivity index (χ3n) is 19.5. The van der Waals surface area contributed by atoms with Crippen LogP contribution in [0.15, 0.2) is 127 Å². The Hall–Kier alpha value is -8.80. The molecular weight excluding hydrogens is 1080 g/mol. The third kappa shape index (κ3) is 10.3. The maximum Gasteiger partial charge on any atom is 0.405 e. The van der Waals surface area contributed by atoms with Crippen molar-refractivity contribution in [3.8, 4) is 0 Å². The van der Waals surface area contributed by atoms with E-state index in [1.54, 1.807) is 9.80 Å². The van der Waals surface area contributed by atoms with E-state index in [-0.39, 0.29) is 41.4 Å². The summed E-state index contributed by atoms with van der Waals surface area (Å²) in [6.45, 7) is 1.96. The molecule has 0 bridgehead atoms. The maximum atomic E-state index is 17.0. The van der Waals surface area contributed by atoms with Gasteiger partial charge in [-0.1, -0.05) is 91.0 Å². The zero-order valence-corrected chi connectivity index (χ0v) is 47.1. The minimum absolute atomic E-state index is 0.0193. The molecule has 2 aliphatic carbocycles. The number of hydrogen-bond donors (Lipinski definition) is 6. The summed E-state index contributed by atoms with van der Waals surface area (Å²) in [5.41, 5.74) is 10.8. The van der Waals surface area contributed by atoms with Crippen LogP contribution in [0.2, 0.25) is 0 Å². The van der Waals surface area contributed by atoms with Gasteiger partial charge in [-0.15, -0.1) is 0 Å². The molecule has 6 atom stereocenters. The molecule has 6 heterocycles. The molecule has 0 saturated carbocycles. The summed E-state index contributed by atoms with van der Waals surface area (Å²) in [4.78, 5) is 78.3. The molecule has 14 rings (SSSR count). The minimum Gasteiger partial charge on any atom is -0.465 e. The van der Waals surface area contributed by atoms with Crippen molar-refractivity contribution in [1.29, 1.82) is 0 Å². The Morgan fingerprint density at radius 1 is 0.506 bits per heavy atom. The molecule has 6 aliphatic rings. The monoisotopic (exact) mass is 1150 g/mol. The molecule has 6 N–H and O–H groups in total. The first-order valence-electron chi connectivity index (χ1n) is 30.2. The van der Waals surface area contributed by atoms with Crippen LogP contribution in [-0.2, 0) is 35.3 Å². The van der Waals surface area contributed by atoms with Crippen molar-refractivity contribution in [2.45, 2.75) is 119 Å². The number of aromatic nitrogens is 4. The van der Waals surface area contributed by atoms with Crippen molar-refractivity contribution in [3.63, 3.8) is 0 Å². The van der Waals surface area contributed by atoms with Crippen LogP contribution in [0.5, 0.6) is 0 Å². The number of carboxylic acid groups (broad SMARTS) is 2. The molecular formula is C67H68F2N10O6. The van der Waals surface area contributed by atoms with Crippen molar-refractivity contribution >= 4 is 57.4 Å². The van der Waals surface area contributed by atoms with Gasteiger partial charge in [0.15, 0.2) is 11.6 Å². The van der Waals surface area contributed by atoms with Gasteiger partial charge < -0.3 is 50.4 Å². The number of amides is 4. The van der Waals surface area contributed by atoms with E-state index in [1.165, 1.54) is 17.7 Å². The molecule has 4 fully saturated rings. The fourth-order valence-corrected chi connectivity index (χ4v) is 15.5. The number of imidazole rings is 2. The van der Waals surface area contributed by atoms with Gasteiger partial charge in [0.1, 0.15) is 29.4 Å². The van der Waals surface area contributed by atoms with Gasteiger partial charge in [0.2, 0.25) is 11.8 Å². The number of H-pyrrole nitrogens is 2. The molecule has 4 saturated heterocycles. The molecule has 0 unspecified atom stereocenters. The Morgan fingerprint density at radius 2 is 0.941 bits per heavy atom.